The van der Waals surface area contributed by atoms with Gasteiger partial charge < -0.3 is 4.57 Å². The van der Waals surface area contributed by atoms with Gasteiger partial charge in [0.25, 0.3) is 5.56 Å². The Balaban J connectivity index is 1.80. The van der Waals surface area contributed by atoms with Gasteiger partial charge in [-0.15, -0.1) is 11.3 Å². The second-order valence-corrected chi connectivity index (χ2v) is 4.80. The number of aromatic nitrogens is 4. The second kappa shape index (κ2) is 5.03. The lowest BCUT2D eigenvalue weighted by Gasteiger charge is -1.93. The molecular weight excluding hydrogens is 260 g/mol. The summed E-state index contributed by atoms with van der Waals surface area (Å²) in [6.45, 7) is 0. The molecule has 0 unspecified atom stereocenters. The van der Waals surface area contributed by atoms with Crippen molar-refractivity contribution in [1.29, 1.82) is 0 Å². The summed E-state index contributed by atoms with van der Waals surface area (Å²) in [5.41, 5.74) is 1.60. The van der Waals surface area contributed by atoms with Gasteiger partial charge >= 0.3 is 0 Å². The van der Waals surface area contributed by atoms with Gasteiger partial charge in [0.1, 0.15) is 0 Å². The zero-order chi connectivity index (χ0) is 13.1. The van der Waals surface area contributed by atoms with E-state index in [1.54, 1.807) is 29.9 Å². The maximum atomic E-state index is 10.9. The van der Waals surface area contributed by atoms with Crippen molar-refractivity contribution in [3.63, 3.8) is 0 Å². The van der Waals surface area contributed by atoms with Crippen molar-refractivity contribution in [2.75, 3.05) is 0 Å². The van der Waals surface area contributed by atoms with Crippen molar-refractivity contribution < 1.29 is 0 Å². The summed E-state index contributed by atoms with van der Waals surface area (Å²) in [5, 5.41) is 8.37. The molecule has 0 aliphatic carbocycles. The van der Waals surface area contributed by atoms with E-state index in [1.165, 1.54) is 6.07 Å². The number of aromatic amines is 1. The zero-order valence-corrected chi connectivity index (χ0v) is 10.7. The van der Waals surface area contributed by atoms with Gasteiger partial charge in [-0.2, -0.15) is 5.10 Å². The SMILES string of the molecule is O=c1ccc(/C=C/c2cc(-n3ccnc3)cs2)n[nH]1. The Labute approximate surface area is 112 Å². The Morgan fingerprint density at radius 1 is 1.32 bits per heavy atom. The van der Waals surface area contributed by atoms with E-state index < -0.39 is 0 Å². The summed E-state index contributed by atoms with van der Waals surface area (Å²) in [6.07, 6.45) is 9.24. The first-order valence-corrected chi connectivity index (χ1v) is 6.50. The fourth-order valence-electron chi connectivity index (χ4n) is 1.59. The van der Waals surface area contributed by atoms with E-state index in [9.17, 15) is 4.79 Å². The Hall–Kier alpha value is -2.47. The Morgan fingerprint density at radius 2 is 2.26 bits per heavy atom. The number of hydrogen-bond acceptors (Lipinski definition) is 4. The van der Waals surface area contributed by atoms with Crippen LogP contribution in [0.15, 0.2) is 47.1 Å². The van der Waals surface area contributed by atoms with Crippen LogP contribution < -0.4 is 5.56 Å². The number of nitrogens with one attached hydrogen (secondary N) is 1. The van der Waals surface area contributed by atoms with Gasteiger partial charge in [0.15, 0.2) is 0 Å². The third-order valence-corrected chi connectivity index (χ3v) is 3.41. The smallest absolute Gasteiger partial charge is 0.264 e. The summed E-state index contributed by atoms with van der Waals surface area (Å²) in [5.74, 6) is 0. The number of thiophene rings is 1. The molecule has 0 aliphatic rings. The van der Waals surface area contributed by atoms with Crippen molar-refractivity contribution >= 4 is 23.5 Å². The molecule has 3 aromatic heterocycles. The monoisotopic (exact) mass is 270 g/mol. The Morgan fingerprint density at radius 3 is 3.00 bits per heavy atom. The van der Waals surface area contributed by atoms with Gasteiger partial charge in [0.05, 0.1) is 17.7 Å². The minimum Gasteiger partial charge on any atom is -0.305 e. The van der Waals surface area contributed by atoms with Gasteiger partial charge in [0, 0.05) is 28.7 Å². The highest BCUT2D eigenvalue weighted by Gasteiger charge is 1.99. The van der Waals surface area contributed by atoms with Crippen LogP contribution in [0.5, 0.6) is 0 Å². The fourth-order valence-corrected chi connectivity index (χ4v) is 2.37. The molecule has 5 nitrogen and oxygen atoms in total. The molecule has 0 saturated carbocycles. The minimum absolute atomic E-state index is 0.198. The van der Waals surface area contributed by atoms with Crippen LogP contribution in [-0.2, 0) is 0 Å². The van der Waals surface area contributed by atoms with Crippen LogP contribution >= 0.6 is 11.3 Å². The Bertz CT molecular complexity index is 735. The zero-order valence-electron chi connectivity index (χ0n) is 9.85. The number of hydrogen-bond donors (Lipinski definition) is 1. The van der Waals surface area contributed by atoms with Crippen LogP contribution in [0.25, 0.3) is 17.8 Å². The summed E-state index contributed by atoms with van der Waals surface area (Å²) < 4.78 is 1.95. The fraction of sp³-hybridized carbons (Fsp3) is 0. The summed E-state index contributed by atoms with van der Waals surface area (Å²) >= 11 is 1.64. The Kier molecular flexibility index (Phi) is 3.07. The molecule has 0 amide bonds. The average molecular weight is 270 g/mol. The third kappa shape index (κ3) is 2.69. The standard InChI is InChI=1S/C13H10N4OS/c18-13-4-2-10(15-16-13)1-3-12-7-11(8-19-12)17-6-5-14-9-17/h1-9H,(H,16,18)/b3-1+. The molecular formula is C13H10N4OS. The van der Waals surface area contributed by atoms with Gasteiger partial charge in [-0.3, -0.25) is 4.79 Å². The molecule has 0 saturated heterocycles. The van der Waals surface area contributed by atoms with Crippen molar-refractivity contribution in [2.24, 2.45) is 0 Å². The van der Waals surface area contributed by atoms with Crippen LogP contribution in [0.4, 0.5) is 0 Å². The quantitative estimate of drug-likeness (QED) is 0.793. The van der Waals surface area contributed by atoms with Gasteiger partial charge in [-0.25, -0.2) is 10.1 Å². The number of imidazole rings is 1. The number of nitrogens with zero attached hydrogens (tertiary/aromatic N) is 3. The summed E-state index contributed by atoms with van der Waals surface area (Å²) in [6, 6.07) is 5.20. The molecule has 0 atom stereocenters. The number of H-pyrrole nitrogens is 1. The third-order valence-electron chi connectivity index (χ3n) is 2.53. The summed E-state index contributed by atoms with van der Waals surface area (Å²) in [7, 11) is 0. The molecule has 3 rings (SSSR count). The van der Waals surface area contributed by atoms with Gasteiger partial charge in [-0.05, 0) is 24.3 Å². The van der Waals surface area contributed by atoms with E-state index in [0.29, 0.717) is 0 Å². The second-order valence-electron chi connectivity index (χ2n) is 3.86. The maximum Gasteiger partial charge on any atom is 0.264 e. The maximum absolute atomic E-state index is 10.9. The van der Waals surface area contributed by atoms with Crippen molar-refractivity contribution in [3.05, 3.63) is 63.2 Å². The number of rotatable bonds is 3. The molecule has 0 aromatic carbocycles. The van der Waals surface area contributed by atoms with E-state index in [2.05, 4.69) is 26.6 Å². The summed E-state index contributed by atoms with van der Waals surface area (Å²) in [4.78, 5) is 16.0. The first-order chi connectivity index (χ1) is 9.31. The van der Waals surface area contributed by atoms with Gasteiger partial charge in [0.2, 0.25) is 0 Å². The lowest BCUT2D eigenvalue weighted by molar-refractivity contribution is 0.977. The van der Waals surface area contributed by atoms with Crippen LogP contribution in [0, 0.1) is 0 Å². The van der Waals surface area contributed by atoms with Crippen LogP contribution in [-0.4, -0.2) is 19.7 Å². The molecule has 0 fully saturated rings. The molecule has 1 N–H and O–H groups in total. The van der Waals surface area contributed by atoms with Crippen LogP contribution in [0.1, 0.15) is 10.6 Å². The minimum atomic E-state index is -0.198. The van der Waals surface area contributed by atoms with Gasteiger partial charge in [-0.1, -0.05) is 0 Å². The molecule has 0 spiro atoms. The molecule has 94 valence electrons. The molecule has 3 aromatic rings. The van der Waals surface area contributed by atoms with E-state index in [1.807, 2.05) is 22.9 Å². The molecule has 19 heavy (non-hydrogen) atoms. The van der Waals surface area contributed by atoms with E-state index in [-0.39, 0.29) is 5.56 Å². The van der Waals surface area contributed by atoms with Crippen molar-refractivity contribution in [1.82, 2.24) is 19.7 Å². The van der Waals surface area contributed by atoms with Crippen molar-refractivity contribution in [2.45, 2.75) is 0 Å². The molecule has 3 heterocycles. The first kappa shape index (κ1) is 11.6. The lowest BCUT2D eigenvalue weighted by Crippen LogP contribution is -2.05. The lowest BCUT2D eigenvalue weighted by atomic mass is 10.3. The largest absolute Gasteiger partial charge is 0.305 e. The van der Waals surface area contributed by atoms with Crippen molar-refractivity contribution in [3.8, 4) is 5.69 Å². The predicted octanol–water partition coefficient (Wildman–Crippen LogP) is 2.19. The van der Waals surface area contributed by atoms with Crippen LogP contribution in [0.2, 0.25) is 0 Å². The predicted molar refractivity (Wildman–Crippen MR) is 75.2 cm³/mol. The van der Waals surface area contributed by atoms with E-state index >= 15 is 0 Å². The topological polar surface area (TPSA) is 63.6 Å². The highest BCUT2D eigenvalue weighted by molar-refractivity contribution is 7.11. The van der Waals surface area contributed by atoms with Crippen LogP contribution in [0.3, 0.4) is 0 Å². The molecule has 6 heteroatoms. The molecule has 0 aliphatic heterocycles. The highest BCUT2D eigenvalue weighted by Crippen LogP contribution is 2.20. The molecule has 0 radical (unpaired) electrons. The molecule has 0 bridgehead atoms. The normalized spacial score (nSPS) is 11.2. The highest BCUT2D eigenvalue weighted by atomic mass is 32.1. The van der Waals surface area contributed by atoms with E-state index in [0.717, 1.165) is 16.3 Å². The van der Waals surface area contributed by atoms with E-state index in [4.69, 9.17) is 0 Å². The first-order valence-electron chi connectivity index (χ1n) is 5.62. The average Bonchev–Trinajstić information content (AvgIpc) is 3.09.